The van der Waals surface area contributed by atoms with Crippen molar-refractivity contribution in [1.82, 2.24) is 4.90 Å². The van der Waals surface area contributed by atoms with Crippen molar-refractivity contribution < 1.29 is 14.9 Å². The first-order chi connectivity index (χ1) is 11.2. The van der Waals surface area contributed by atoms with Crippen LogP contribution < -0.4 is 4.74 Å². The lowest BCUT2D eigenvalue weighted by molar-refractivity contribution is 0.00129. The van der Waals surface area contributed by atoms with Crippen molar-refractivity contribution in [3.63, 3.8) is 0 Å². The molecule has 128 valence electrons. The van der Waals surface area contributed by atoms with Crippen LogP contribution in [-0.2, 0) is 11.8 Å². The minimum atomic E-state index is 0.243. The molecule has 3 atom stereocenters. The maximum Gasteiger partial charge on any atom is 0.164 e. The molecule has 4 heteroatoms. The van der Waals surface area contributed by atoms with Gasteiger partial charge < -0.3 is 19.8 Å². The highest BCUT2D eigenvalue weighted by Gasteiger charge is 2.54. The van der Waals surface area contributed by atoms with Gasteiger partial charge in [0.2, 0.25) is 0 Å². The van der Waals surface area contributed by atoms with Gasteiger partial charge in [-0.25, -0.2) is 0 Å². The quantitative estimate of drug-likeness (QED) is 0.836. The fourth-order valence-corrected chi connectivity index (χ4v) is 5.48. The van der Waals surface area contributed by atoms with Gasteiger partial charge in [0, 0.05) is 24.1 Å². The predicted octanol–water partition coefficient (Wildman–Crippen LogP) is 2.70. The van der Waals surface area contributed by atoms with Gasteiger partial charge in [0.05, 0.1) is 7.11 Å². The van der Waals surface area contributed by atoms with Crippen LogP contribution in [0.25, 0.3) is 0 Å². The number of fused-ring (bicyclic) bond motifs is 1. The number of phenolic OH excluding ortho intramolecular Hbond substituents is 1. The van der Waals surface area contributed by atoms with Gasteiger partial charge in [-0.1, -0.05) is 18.9 Å². The lowest BCUT2D eigenvalue weighted by Gasteiger charge is -2.58. The Kier molecular flexibility index (Phi) is 4.56. The van der Waals surface area contributed by atoms with Gasteiger partial charge in [-0.15, -0.1) is 0 Å². The fourth-order valence-electron chi connectivity index (χ4n) is 5.48. The summed E-state index contributed by atoms with van der Waals surface area (Å²) in [5, 5.41) is 17.3. The number of likely N-dealkylation sites (tertiary alicyclic amines) is 1. The number of hydrogen-bond acceptors (Lipinski definition) is 4. The van der Waals surface area contributed by atoms with Crippen molar-refractivity contribution in [2.24, 2.45) is 5.92 Å². The summed E-state index contributed by atoms with van der Waals surface area (Å²) < 4.78 is 5.64. The summed E-state index contributed by atoms with van der Waals surface area (Å²) in [5.74, 6) is 1.79. The molecule has 1 aromatic rings. The second kappa shape index (κ2) is 6.33. The third kappa shape index (κ3) is 2.34. The third-order valence-corrected chi connectivity index (χ3v) is 6.39. The number of aromatic hydroxyl groups is 1. The molecule has 2 bridgehead atoms. The summed E-state index contributed by atoms with van der Waals surface area (Å²) >= 11 is 0. The molecule has 0 amide bonds. The standard InChI is InChI=1S/C18H25NO2.CH4O/c1-19-10-9-18-8-4-3-5-13(18)14(19)11-12-6-7-15(20)17(21-2)16(12)18;1-2/h6-7,13-14,20H,3-5,8-11H2,1-2H3;2H,1H3. The normalized spacial score (nSPS) is 32.2. The minimum Gasteiger partial charge on any atom is -0.504 e. The van der Waals surface area contributed by atoms with E-state index in [1.54, 1.807) is 7.11 Å². The Hall–Kier alpha value is -1.26. The molecule has 1 heterocycles. The van der Waals surface area contributed by atoms with Crippen molar-refractivity contribution in [3.8, 4) is 11.5 Å². The summed E-state index contributed by atoms with van der Waals surface area (Å²) in [6.45, 7) is 1.17. The highest BCUT2D eigenvalue weighted by atomic mass is 16.5. The van der Waals surface area contributed by atoms with Gasteiger partial charge in [-0.2, -0.15) is 0 Å². The molecule has 3 aliphatic rings. The summed E-state index contributed by atoms with van der Waals surface area (Å²) in [6.07, 6.45) is 7.56. The Morgan fingerprint density at radius 3 is 2.74 bits per heavy atom. The lowest BCUT2D eigenvalue weighted by atomic mass is 9.52. The molecule has 1 aliphatic heterocycles. The molecule has 0 spiro atoms. The Morgan fingerprint density at radius 1 is 1.22 bits per heavy atom. The van der Waals surface area contributed by atoms with Gasteiger partial charge in [-0.05, 0) is 56.8 Å². The number of aliphatic hydroxyl groups is 1. The van der Waals surface area contributed by atoms with Crippen LogP contribution in [0.4, 0.5) is 0 Å². The Bertz CT molecular complexity index is 574. The topological polar surface area (TPSA) is 52.9 Å². The molecule has 2 N–H and O–H groups in total. The number of rotatable bonds is 1. The first kappa shape index (κ1) is 16.6. The van der Waals surface area contributed by atoms with E-state index in [2.05, 4.69) is 18.0 Å². The molecule has 23 heavy (non-hydrogen) atoms. The summed E-state index contributed by atoms with van der Waals surface area (Å²) in [7, 11) is 4.98. The van der Waals surface area contributed by atoms with Crippen LogP contribution in [0.1, 0.15) is 43.2 Å². The van der Waals surface area contributed by atoms with Crippen molar-refractivity contribution in [2.45, 2.75) is 50.0 Å². The Balaban J connectivity index is 0.000000753. The molecular formula is C19H29NO3. The number of likely N-dealkylation sites (N-methyl/N-ethyl adjacent to an activating group) is 1. The van der Waals surface area contributed by atoms with E-state index < -0.39 is 0 Å². The number of methoxy groups -OCH3 is 1. The predicted molar refractivity (Wildman–Crippen MR) is 91.2 cm³/mol. The van der Waals surface area contributed by atoms with Crippen LogP contribution in [0.3, 0.4) is 0 Å². The van der Waals surface area contributed by atoms with Gasteiger partial charge in [0.15, 0.2) is 11.5 Å². The molecule has 3 unspecified atom stereocenters. The van der Waals surface area contributed by atoms with Gasteiger partial charge in [-0.3, -0.25) is 0 Å². The van der Waals surface area contributed by atoms with Gasteiger partial charge >= 0.3 is 0 Å². The van der Waals surface area contributed by atoms with E-state index in [-0.39, 0.29) is 5.41 Å². The Labute approximate surface area is 139 Å². The van der Waals surface area contributed by atoms with Crippen LogP contribution in [0.15, 0.2) is 12.1 Å². The Morgan fingerprint density at radius 2 is 2.00 bits per heavy atom. The van der Waals surface area contributed by atoms with Crippen molar-refractivity contribution in [1.29, 1.82) is 0 Å². The first-order valence-electron chi connectivity index (χ1n) is 8.71. The van der Waals surface area contributed by atoms with E-state index in [0.29, 0.717) is 11.8 Å². The zero-order chi connectivity index (χ0) is 16.6. The highest BCUT2D eigenvalue weighted by Crippen LogP contribution is 2.58. The summed E-state index contributed by atoms with van der Waals surface area (Å²) in [5.41, 5.74) is 2.99. The van der Waals surface area contributed by atoms with Crippen LogP contribution in [0.5, 0.6) is 11.5 Å². The maximum atomic E-state index is 10.3. The monoisotopic (exact) mass is 319 g/mol. The SMILES string of the molecule is CO.COc1c(O)ccc2c1C13CCCCC1C(C2)N(C)CC3. The summed E-state index contributed by atoms with van der Waals surface area (Å²) in [6, 6.07) is 4.61. The highest BCUT2D eigenvalue weighted by molar-refractivity contribution is 5.56. The molecule has 2 aliphatic carbocycles. The lowest BCUT2D eigenvalue weighted by Crippen LogP contribution is -2.59. The maximum absolute atomic E-state index is 10.3. The second-order valence-corrected chi connectivity index (χ2v) is 7.16. The van der Waals surface area contributed by atoms with E-state index in [4.69, 9.17) is 9.84 Å². The molecule has 4 nitrogen and oxygen atoms in total. The average Bonchev–Trinajstić information content (AvgIpc) is 2.60. The van der Waals surface area contributed by atoms with E-state index in [9.17, 15) is 5.11 Å². The van der Waals surface area contributed by atoms with Crippen LogP contribution >= 0.6 is 0 Å². The smallest absolute Gasteiger partial charge is 0.164 e. The van der Waals surface area contributed by atoms with Crippen molar-refractivity contribution >= 4 is 0 Å². The largest absolute Gasteiger partial charge is 0.504 e. The van der Waals surface area contributed by atoms with E-state index in [1.807, 2.05) is 6.07 Å². The molecule has 2 fully saturated rings. The first-order valence-corrected chi connectivity index (χ1v) is 8.71. The number of hydrogen-bond donors (Lipinski definition) is 2. The molecule has 0 aromatic heterocycles. The molecule has 4 rings (SSSR count). The fraction of sp³-hybridized carbons (Fsp3) is 0.684. The van der Waals surface area contributed by atoms with Crippen LogP contribution in [0, 0.1) is 5.92 Å². The number of aliphatic hydroxyl groups excluding tert-OH is 1. The van der Waals surface area contributed by atoms with Gasteiger partial charge in [0.25, 0.3) is 0 Å². The molecule has 1 aromatic carbocycles. The number of phenols is 1. The number of nitrogens with zero attached hydrogens (tertiary/aromatic N) is 1. The molecule has 1 saturated heterocycles. The molecule has 1 saturated carbocycles. The molecule has 0 radical (unpaired) electrons. The van der Waals surface area contributed by atoms with E-state index in [1.165, 1.54) is 49.8 Å². The van der Waals surface area contributed by atoms with Crippen molar-refractivity contribution in [3.05, 3.63) is 23.3 Å². The van der Waals surface area contributed by atoms with Crippen LogP contribution in [-0.4, -0.2) is 49.0 Å². The second-order valence-electron chi connectivity index (χ2n) is 7.16. The van der Waals surface area contributed by atoms with Gasteiger partial charge in [0.1, 0.15) is 0 Å². The average molecular weight is 319 g/mol. The zero-order valence-corrected chi connectivity index (χ0v) is 14.5. The number of benzene rings is 1. The number of ether oxygens (including phenoxy) is 1. The van der Waals surface area contributed by atoms with E-state index in [0.717, 1.165) is 25.2 Å². The number of piperidine rings is 1. The summed E-state index contributed by atoms with van der Waals surface area (Å²) in [4.78, 5) is 2.57. The third-order valence-electron chi connectivity index (χ3n) is 6.39. The van der Waals surface area contributed by atoms with Crippen molar-refractivity contribution in [2.75, 3.05) is 27.8 Å². The molecular weight excluding hydrogens is 290 g/mol. The van der Waals surface area contributed by atoms with E-state index >= 15 is 0 Å². The minimum absolute atomic E-state index is 0.243. The zero-order valence-electron chi connectivity index (χ0n) is 14.5. The van der Waals surface area contributed by atoms with Crippen LogP contribution in [0.2, 0.25) is 0 Å².